The molecule has 4 nitrogen and oxygen atoms in total. The summed E-state index contributed by atoms with van der Waals surface area (Å²) in [6, 6.07) is 5.62. The summed E-state index contributed by atoms with van der Waals surface area (Å²) in [4.78, 5) is 22.2. The van der Waals surface area contributed by atoms with Crippen molar-refractivity contribution in [1.29, 1.82) is 0 Å². The van der Waals surface area contributed by atoms with Gasteiger partial charge in [0.05, 0.1) is 11.3 Å². The van der Waals surface area contributed by atoms with Crippen LogP contribution in [0.2, 0.25) is 0 Å². The minimum absolute atomic E-state index is 0.0135. The summed E-state index contributed by atoms with van der Waals surface area (Å²) in [5.41, 5.74) is 2.22. The molecule has 0 bridgehead atoms. The molecule has 0 amide bonds. The van der Waals surface area contributed by atoms with E-state index in [0.29, 0.717) is 5.92 Å². The molecular weight excluding hydrogens is 411 g/mol. The number of alkyl halides is 3. The second kappa shape index (κ2) is 9.14. The zero-order chi connectivity index (χ0) is 21.1. The van der Waals surface area contributed by atoms with Crippen LogP contribution in [0, 0.1) is 0 Å². The maximum absolute atomic E-state index is 12.7. The molecule has 0 aliphatic carbocycles. The van der Waals surface area contributed by atoms with E-state index in [9.17, 15) is 18.0 Å². The maximum Gasteiger partial charge on any atom is 0.416 e. The molecule has 4 rings (SSSR count). The monoisotopic (exact) mass is 437 g/mol. The van der Waals surface area contributed by atoms with Crippen LogP contribution in [-0.4, -0.2) is 40.3 Å². The first-order valence-corrected chi connectivity index (χ1v) is 11.6. The van der Waals surface area contributed by atoms with Crippen molar-refractivity contribution < 1.29 is 13.2 Å². The highest BCUT2D eigenvalue weighted by molar-refractivity contribution is 7.98. The first-order valence-electron chi connectivity index (χ1n) is 10.5. The number of likely N-dealkylation sites (tertiary alicyclic amines) is 1. The molecular formula is C22H26F3N3OS. The first kappa shape index (κ1) is 21.4. The molecule has 0 atom stereocenters. The summed E-state index contributed by atoms with van der Waals surface area (Å²) in [5, 5.41) is 0. The quantitative estimate of drug-likeness (QED) is 0.754. The lowest BCUT2D eigenvalue weighted by atomic mass is 9.89. The Labute approximate surface area is 178 Å². The van der Waals surface area contributed by atoms with Crippen molar-refractivity contribution >= 4 is 11.8 Å². The van der Waals surface area contributed by atoms with E-state index < -0.39 is 11.7 Å². The van der Waals surface area contributed by atoms with Gasteiger partial charge in [-0.15, -0.1) is 0 Å². The van der Waals surface area contributed by atoms with Crippen molar-refractivity contribution in [3.8, 4) is 0 Å². The molecule has 1 saturated heterocycles. The Balaban J connectivity index is 1.25. The van der Waals surface area contributed by atoms with Crippen LogP contribution < -0.4 is 5.56 Å². The van der Waals surface area contributed by atoms with E-state index in [1.54, 1.807) is 23.9 Å². The van der Waals surface area contributed by atoms with Crippen LogP contribution in [-0.2, 0) is 24.8 Å². The third-order valence-electron chi connectivity index (χ3n) is 6.06. The van der Waals surface area contributed by atoms with Crippen molar-refractivity contribution in [2.45, 2.75) is 50.0 Å². The van der Waals surface area contributed by atoms with Gasteiger partial charge < -0.3 is 9.88 Å². The molecule has 8 heteroatoms. The largest absolute Gasteiger partial charge is 0.416 e. The lowest BCUT2D eigenvalue weighted by Crippen LogP contribution is -2.34. The number of H-pyrrole nitrogens is 1. The highest BCUT2D eigenvalue weighted by Gasteiger charge is 2.30. The van der Waals surface area contributed by atoms with Gasteiger partial charge in [0, 0.05) is 17.7 Å². The number of aryl methyl sites for hydroxylation is 2. The standard InChI is InChI=1S/C22H26F3N3OS/c23-22(24,25)17-5-3-15(4-6-17)16-7-11-28(12-8-16)10-1-2-20-26-19-9-13-30-14-18(19)21(29)27-20/h3-6,16H,1-2,7-14H2,(H,26,27,29). The minimum atomic E-state index is -4.28. The Morgan fingerprint density at radius 3 is 2.60 bits per heavy atom. The summed E-state index contributed by atoms with van der Waals surface area (Å²) in [5.74, 6) is 2.88. The van der Waals surface area contributed by atoms with Gasteiger partial charge in [-0.05, 0) is 74.7 Å². The summed E-state index contributed by atoms with van der Waals surface area (Å²) < 4.78 is 38.2. The van der Waals surface area contributed by atoms with Gasteiger partial charge in [0.15, 0.2) is 0 Å². The van der Waals surface area contributed by atoms with Crippen molar-refractivity contribution in [2.24, 2.45) is 0 Å². The van der Waals surface area contributed by atoms with Gasteiger partial charge in [0.25, 0.3) is 5.56 Å². The first-order chi connectivity index (χ1) is 14.4. The van der Waals surface area contributed by atoms with Crippen LogP contribution in [0.4, 0.5) is 13.2 Å². The smallest absolute Gasteiger partial charge is 0.310 e. The second-order valence-corrected chi connectivity index (χ2v) is 9.18. The number of aromatic amines is 1. The molecule has 2 aliphatic heterocycles. The molecule has 1 aromatic carbocycles. The number of rotatable bonds is 5. The molecule has 2 aromatic rings. The minimum Gasteiger partial charge on any atom is -0.310 e. The zero-order valence-electron chi connectivity index (χ0n) is 16.8. The lowest BCUT2D eigenvalue weighted by molar-refractivity contribution is -0.137. The number of halogens is 3. The number of piperidine rings is 1. The number of aromatic nitrogens is 2. The fourth-order valence-corrected chi connectivity index (χ4v) is 5.30. The second-order valence-electron chi connectivity index (χ2n) is 8.08. The Bertz CT molecular complexity index is 919. The van der Waals surface area contributed by atoms with Crippen molar-refractivity contribution in [3.63, 3.8) is 0 Å². The van der Waals surface area contributed by atoms with Crippen LogP contribution >= 0.6 is 11.8 Å². The third-order valence-corrected chi connectivity index (χ3v) is 7.05. The van der Waals surface area contributed by atoms with Crippen molar-refractivity contribution in [2.75, 3.05) is 25.4 Å². The maximum atomic E-state index is 12.7. The highest BCUT2D eigenvalue weighted by atomic mass is 32.2. The molecule has 3 heterocycles. The number of hydrogen-bond acceptors (Lipinski definition) is 4. The van der Waals surface area contributed by atoms with Crippen LogP contribution in [0.15, 0.2) is 29.1 Å². The molecule has 1 N–H and O–H groups in total. The number of hydrogen-bond donors (Lipinski definition) is 1. The summed E-state index contributed by atoms with van der Waals surface area (Å²) in [7, 11) is 0. The van der Waals surface area contributed by atoms with Gasteiger partial charge in [0.1, 0.15) is 5.82 Å². The van der Waals surface area contributed by atoms with Gasteiger partial charge in [-0.25, -0.2) is 4.98 Å². The topological polar surface area (TPSA) is 49.0 Å². The number of fused-ring (bicyclic) bond motifs is 1. The molecule has 30 heavy (non-hydrogen) atoms. The zero-order valence-corrected chi connectivity index (χ0v) is 17.6. The average molecular weight is 438 g/mol. The van der Waals surface area contributed by atoms with E-state index in [1.807, 2.05) is 0 Å². The fourth-order valence-electron chi connectivity index (χ4n) is 4.32. The van der Waals surface area contributed by atoms with Gasteiger partial charge in [-0.1, -0.05) is 12.1 Å². The average Bonchev–Trinajstić information content (AvgIpc) is 2.74. The van der Waals surface area contributed by atoms with Gasteiger partial charge in [-0.3, -0.25) is 4.79 Å². The highest BCUT2D eigenvalue weighted by Crippen LogP contribution is 2.33. The summed E-state index contributed by atoms with van der Waals surface area (Å²) in [6.07, 6.45) is 0.191. The van der Waals surface area contributed by atoms with Gasteiger partial charge in [-0.2, -0.15) is 24.9 Å². The predicted molar refractivity (Wildman–Crippen MR) is 113 cm³/mol. The fraction of sp³-hybridized carbons (Fsp3) is 0.545. The van der Waals surface area contributed by atoms with Crippen molar-refractivity contribution in [1.82, 2.24) is 14.9 Å². The van der Waals surface area contributed by atoms with Gasteiger partial charge >= 0.3 is 6.18 Å². The Morgan fingerprint density at radius 2 is 1.90 bits per heavy atom. The van der Waals surface area contributed by atoms with Gasteiger partial charge in [0.2, 0.25) is 0 Å². The van der Waals surface area contributed by atoms with E-state index in [-0.39, 0.29) is 5.56 Å². The molecule has 0 unspecified atom stereocenters. The number of nitrogens with zero attached hydrogens (tertiary/aromatic N) is 2. The number of thioether (sulfide) groups is 1. The van der Waals surface area contributed by atoms with E-state index >= 15 is 0 Å². The molecule has 0 spiro atoms. The Kier molecular flexibility index (Phi) is 6.53. The molecule has 0 saturated carbocycles. The third kappa shape index (κ3) is 5.09. The van der Waals surface area contributed by atoms with E-state index in [1.165, 1.54) is 12.1 Å². The normalized spacial score (nSPS) is 18.4. The molecule has 1 fully saturated rings. The van der Waals surface area contributed by atoms with E-state index in [4.69, 9.17) is 0 Å². The van der Waals surface area contributed by atoms with E-state index in [0.717, 1.165) is 85.9 Å². The van der Waals surface area contributed by atoms with Crippen LogP contribution in [0.5, 0.6) is 0 Å². The molecule has 1 aromatic heterocycles. The van der Waals surface area contributed by atoms with Crippen molar-refractivity contribution in [3.05, 3.63) is 62.8 Å². The van der Waals surface area contributed by atoms with Crippen LogP contribution in [0.1, 0.15) is 53.4 Å². The Morgan fingerprint density at radius 1 is 1.17 bits per heavy atom. The SMILES string of the molecule is O=c1[nH]c(CCCN2CCC(c3ccc(C(F)(F)F)cc3)CC2)nc2c1CSCC2. The Hall–Kier alpha value is -1.80. The summed E-state index contributed by atoms with van der Waals surface area (Å²) in [6.45, 7) is 2.82. The summed E-state index contributed by atoms with van der Waals surface area (Å²) >= 11 is 1.78. The van der Waals surface area contributed by atoms with Crippen LogP contribution in [0.3, 0.4) is 0 Å². The van der Waals surface area contributed by atoms with Crippen LogP contribution in [0.25, 0.3) is 0 Å². The molecule has 2 aliphatic rings. The molecule has 162 valence electrons. The number of nitrogens with one attached hydrogen (secondary N) is 1. The molecule has 0 radical (unpaired) electrons. The number of benzene rings is 1. The lowest BCUT2D eigenvalue weighted by Gasteiger charge is -2.32. The predicted octanol–water partition coefficient (Wildman–Crippen LogP) is 4.39. The van der Waals surface area contributed by atoms with E-state index in [2.05, 4.69) is 14.9 Å².